The van der Waals surface area contributed by atoms with Crippen molar-refractivity contribution < 1.29 is 0 Å². The summed E-state index contributed by atoms with van der Waals surface area (Å²) in [5, 5.41) is 3.62. The molecule has 16 heavy (non-hydrogen) atoms. The van der Waals surface area contributed by atoms with Crippen LogP contribution in [0, 0.1) is 12.8 Å². The van der Waals surface area contributed by atoms with E-state index in [4.69, 9.17) is 0 Å². The van der Waals surface area contributed by atoms with Crippen LogP contribution in [0.5, 0.6) is 0 Å². The number of nitrogens with one attached hydrogen (secondary N) is 1. The van der Waals surface area contributed by atoms with Crippen LogP contribution in [0.4, 0.5) is 5.95 Å². The van der Waals surface area contributed by atoms with Crippen molar-refractivity contribution in [3.8, 4) is 0 Å². The van der Waals surface area contributed by atoms with E-state index in [-0.39, 0.29) is 0 Å². The summed E-state index contributed by atoms with van der Waals surface area (Å²) in [6.07, 6.45) is 7.30. The van der Waals surface area contributed by atoms with Gasteiger partial charge in [-0.15, -0.1) is 0 Å². The molecule has 0 aromatic carbocycles. The summed E-state index contributed by atoms with van der Waals surface area (Å²) in [7, 11) is 0. The third-order valence-corrected chi connectivity index (χ3v) is 3.54. The van der Waals surface area contributed by atoms with E-state index in [0.717, 1.165) is 30.5 Å². The minimum absolute atomic E-state index is 0.623. The molecule has 2 atom stereocenters. The molecule has 0 saturated heterocycles. The Hall–Kier alpha value is -0.990. The van der Waals surface area contributed by atoms with Gasteiger partial charge in [0, 0.05) is 18.8 Å². The van der Waals surface area contributed by atoms with E-state index in [2.05, 4.69) is 41.8 Å². The second kappa shape index (κ2) is 4.89. The zero-order chi connectivity index (χ0) is 11.5. The fourth-order valence-electron chi connectivity index (χ4n) is 2.60. The molecule has 0 aliphatic heterocycles. The predicted molar refractivity (Wildman–Crippen MR) is 67.7 cm³/mol. The fraction of sp³-hybridized carbons (Fsp3) is 0.769. The molecule has 2 unspecified atom stereocenters. The van der Waals surface area contributed by atoms with Gasteiger partial charge in [-0.25, -0.2) is 4.98 Å². The number of anilines is 1. The van der Waals surface area contributed by atoms with Crippen LogP contribution in [0.3, 0.4) is 0 Å². The van der Waals surface area contributed by atoms with Gasteiger partial charge in [0.25, 0.3) is 0 Å². The highest BCUT2D eigenvalue weighted by Gasteiger charge is 2.24. The van der Waals surface area contributed by atoms with E-state index in [1.165, 1.54) is 19.3 Å². The Balaban J connectivity index is 2.07. The molecule has 3 heteroatoms. The minimum Gasteiger partial charge on any atom is -0.353 e. The van der Waals surface area contributed by atoms with Crippen LogP contribution >= 0.6 is 0 Å². The first kappa shape index (κ1) is 11.5. The first-order chi connectivity index (χ1) is 7.70. The molecule has 90 valence electrons. The first-order valence-corrected chi connectivity index (χ1v) is 6.51. The molecule has 0 radical (unpaired) electrons. The molecule has 1 saturated carbocycles. The quantitative estimate of drug-likeness (QED) is 0.846. The van der Waals surface area contributed by atoms with Crippen molar-refractivity contribution in [3.63, 3.8) is 0 Å². The highest BCUT2D eigenvalue weighted by atomic mass is 15.2. The lowest BCUT2D eigenvalue weighted by Gasteiger charge is -2.18. The van der Waals surface area contributed by atoms with Gasteiger partial charge in [-0.1, -0.05) is 20.3 Å². The van der Waals surface area contributed by atoms with Gasteiger partial charge >= 0.3 is 0 Å². The molecule has 1 fully saturated rings. The average Bonchev–Trinajstić information content (AvgIpc) is 2.77. The van der Waals surface area contributed by atoms with Crippen LogP contribution in [0.2, 0.25) is 0 Å². The van der Waals surface area contributed by atoms with Crippen molar-refractivity contribution >= 4 is 5.95 Å². The first-order valence-electron chi connectivity index (χ1n) is 6.51. The van der Waals surface area contributed by atoms with Crippen molar-refractivity contribution in [1.82, 2.24) is 9.55 Å². The molecule has 3 nitrogen and oxygen atoms in total. The van der Waals surface area contributed by atoms with Crippen molar-refractivity contribution in [1.29, 1.82) is 0 Å². The Bertz CT molecular complexity index is 343. The lowest BCUT2D eigenvalue weighted by molar-refractivity contribution is 0.547. The van der Waals surface area contributed by atoms with Crippen LogP contribution in [-0.4, -0.2) is 15.6 Å². The predicted octanol–water partition coefficient (Wildman–Crippen LogP) is 3.20. The number of aryl methyl sites for hydroxylation is 2. The molecule has 0 spiro atoms. The molecule has 0 amide bonds. The van der Waals surface area contributed by atoms with Crippen molar-refractivity contribution in [2.24, 2.45) is 5.92 Å². The Morgan fingerprint density at radius 2 is 2.31 bits per heavy atom. The standard InChI is InChI=1S/C13H23N3/c1-4-8-16-9-11(3)14-13(16)15-12-7-5-6-10(12)2/h9-10,12H,4-8H2,1-3H3,(H,14,15). The molecule has 1 aliphatic carbocycles. The van der Waals surface area contributed by atoms with Crippen LogP contribution in [0.15, 0.2) is 6.20 Å². The van der Waals surface area contributed by atoms with E-state index in [0.29, 0.717) is 6.04 Å². The molecule has 1 N–H and O–H groups in total. The van der Waals surface area contributed by atoms with Gasteiger partial charge in [0.05, 0.1) is 5.69 Å². The summed E-state index contributed by atoms with van der Waals surface area (Å²) in [6, 6.07) is 0.623. The summed E-state index contributed by atoms with van der Waals surface area (Å²) in [5.41, 5.74) is 1.11. The minimum atomic E-state index is 0.623. The van der Waals surface area contributed by atoms with E-state index >= 15 is 0 Å². The molecule has 2 rings (SSSR count). The number of hydrogen-bond donors (Lipinski definition) is 1. The van der Waals surface area contributed by atoms with Gasteiger partial charge in [0.2, 0.25) is 5.95 Å². The fourth-order valence-corrected chi connectivity index (χ4v) is 2.60. The Morgan fingerprint density at radius 1 is 1.50 bits per heavy atom. The van der Waals surface area contributed by atoms with E-state index in [9.17, 15) is 0 Å². The zero-order valence-electron chi connectivity index (χ0n) is 10.7. The van der Waals surface area contributed by atoms with Crippen molar-refractivity contribution in [2.45, 2.75) is 59.0 Å². The highest BCUT2D eigenvalue weighted by Crippen LogP contribution is 2.27. The molecule has 1 heterocycles. The van der Waals surface area contributed by atoms with Gasteiger partial charge in [-0.2, -0.15) is 0 Å². The lowest BCUT2D eigenvalue weighted by atomic mass is 10.1. The number of hydrogen-bond acceptors (Lipinski definition) is 2. The van der Waals surface area contributed by atoms with Crippen LogP contribution < -0.4 is 5.32 Å². The monoisotopic (exact) mass is 221 g/mol. The molecule has 1 aromatic heterocycles. The molecule has 0 bridgehead atoms. The number of nitrogens with zero attached hydrogens (tertiary/aromatic N) is 2. The van der Waals surface area contributed by atoms with Gasteiger partial charge in [0.1, 0.15) is 0 Å². The molecule has 1 aromatic rings. The maximum atomic E-state index is 4.58. The van der Waals surface area contributed by atoms with Crippen LogP contribution in [0.25, 0.3) is 0 Å². The van der Waals surface area contributed by atoms with E-state index < -0.39 is 0 Å². The van der Waals surface area contributed by atoms with Gasteiger partial charge < -0.3 is 9.88 Å². The number of rotatable bonds is 4. The van der Waals surface area contributed by atoms with Crippen LogP contribution in [0.1, 0.15) is 45.2 Å². The Kier molecular flexibility index (Phi) is 3.52. The largest absolute Gasteiger partial charge is 0.353 e. The smallest absolute Gasteiger partial charge is 0.203 e. The summed E-state index contributed by atoms with van der Waals surface area (Å²) in [5.74, 6) is 1.85. The zero-order valence-corrected chi connectivity index (χ0v) is 10.7. The third kappa shape index (κ3) is 2.39. The summed E-state index contributed by atoms with van der Waals surface area (Å²) in [4.78, 5) is 4.58. The molecular formula is C13H23N3. The maximum absolute atomic E-state index is 4.58. The maximum Gasteiger partial charge on any atom is 0.203 e. The lowest BCUT2D eigenvalue weighted by Crippen LogP contribution is -2.24. The molecular weight excluding hydrogens is 198 g/mol. The SMILES string of the molecule is CCCn1cc(C)nc1NC1CCCC1C. The number of aromatic nitrogens is 2. The highest BCUT2D eigenvalue weighted by molar-refractivity contribution is 5.30. The van der Waals surface area contributed by atoms with Crippen molar-refractivity contribution in [3.05, 3.63) is 11.9 Å². The van der Waals surface area contributed by atoms with Gasteiger partial charge in [-0.3, -0.25) is 0 Å². The van der Waals surface area contributed by atoms with E-state index in [1.54, 1.807) is 0 Å². The summed E-state index contributed by atoms with van der Waals surface area (Å²) < 4.78 is 2.25. The van der Waals surface area contributed by atoms with Gasteiger partial charge in [-0.05, 0) is 32.1 Å². The van der Waals surface area contributed by atoms with E-state index in [1.807, 2.05) is 0 Å². The topological polar surface area (TPSA) is 29.9 Å². The van der Waals surface area contributed by atoms with Gasteiger partial charge in [0.15, 0.2) is 0 Å². The number of imidazole rings is 1. The molecule has 1 aliphatic rings. The van der Waals surface area contributed by atoms with Crippen LogP contribution in [-0.2, 0) is 6.54 Å². The average molecular weight is 221 g/mol. The normalized spacial score (nSPS) is 24.9. The summed E-state index contributed by atoms with van der Waals surface area (Å²) in [6.45, 7) is 7.67. The second-order valence-electron chi connectivity index (χ2n) is 5.06. The van der Waals surface area contributed by atoms with Crippen molar-refractivity contribution in [2.75, 3.05) is 5.32 Å². The Morgan fingerprint density at radius 3 is 2.94 bits per heavy atom. The second-order valence-corrected chi connectivity index (χ2v) is 5.06. The Labute approximate surface area is 98.3 Å². The summed E-state index contributed by atoms with van der Waals surface area (Å²) >= 11 is 0. The third-order valence-electron chi connectivity index (χ3n) is 3.54.